The molecule has 0 unspecified atom stereocenters. The van der Waals surface area contributed by atoms with Crippen molar-refractivity contribution >= 4 is 11.9 Å². The summed E-state index contributed by atoms with van der Waals surface area (Å²) in [6, 6.07) is 10.8. The van der Waals surface area contributed by atoms with E-state index in [1.54, 1.807) is 12.1 Å². The lowest BCUT2D eigenvalue weighted by Crippen LogP contribution is -2.39. The van der Waals surface area contributed by atoms with Crippen LogP contribution in [0.2, 0.25) is 0 Å². The first kappa shape index (κ1) is 14.5. The van der Waals surface area contributed by atoms with Crippen LogP contribution in [-0.2, 0) is 6.54 Å². The van der Waals surface area contributed by atoms with Gasteiger partial charge in [0.15, 0.2) is 0 Å². The Hall–Kier alpha value is -2.89. The van der Waals surface area contributed by atoms with E-state index in [1.807, 2.05) is 0 Å². The molecule has 0 aliphatic carbocycles. The van der Waals surface area contributed by atoms with Gasteiger partial charge < -0.3 is 10.4 Å². The van der Waals surface area contributed by atoms with Crippen LogP contribution in [0.3, 0.4) is 0 Å². The number of halogens is 1. The van der Waals surface area contributed by atoms with Gasteiger partial charge in [0.25, 0.3) is 5.91 Å². The number of hydrogen-bond donors (Lipinski definition) is 3. The lowest BCUT2D eigenvalue weighted by atomic mass is 10.2. The normalized spacial score (nSPS) is 9.95. The lowest BCUT2D eigenvalue weighted by molar-refractivity contribution is 0.0961. The molecule has 0 saturated carbocycles. The summed E-state index contributed by atoms with van der Waals surface area (Å²) >= 11 is 0. The molecule has 0 atom stereocenters. The zero-order chi connectivity index (χ0) is 15.2. The molecule has 0 spiro atoms. The third-order valence-corrected chi connectivity index (χ3v) is 2.74. The quantitative estimate of drug-likeness (QED) is 0.810. The van der Waals surface area contributed by atoms with Gasteiger partial charge in [-0.2, -0.15) is 0 Å². The molecular weight excluding hydrogens is 275 g/mol. The Kier molecular flexibility index (Phi) is 4.50. The maximum atomic E-state index is 12.7. The lowest BCUT2D eigenvalue weighted by Gasteiger charge is -2.07. The third kappa shape index (κ3) is 4.04. The van der Waals surface area contributed by atoms with Gasteiger partial charge in [-0.1, -0.05) is 24.3 Å². The van der Waals surface area contributed by atoms with E-state index in [4.69, 9.17) is 0 Å². The first-order chi connectivity index (χ1) is 10.1. The first-order valence-corrected chi connectivity index (χ1v) is 6.18. The van der Waals surface area contributed by atoms with E-state index in [2.05, 4.69) is 10.6 Å². The van der Waals surface area contributed by atoms with Gasteiger partial charge in [-0.15, -0.1) is 0 Å². The van der Waals surface area contributed by atoms with Crippen molar-refractivity contribution in [3.05, 3.63) is 65.5 Å². The summed E-state index contributed by atoms with van der Waals surface area (Å²) in [5.41, 5.74) is 0.705. The summed E-state index contributed by atoms with van der Waals surface area (Å²) in [5.74, 6) is -1.27. The Bertz CT molecular complexity index is 656. The van der Waals surface area contributed by atoms with E-state index in [-0.39, 0.29) is 23.7 Å². The summed E-state index contributed by atoms with van der Waals surface area (Å²) in [7, 11) is 0. The number of rotatable bonds is 3. The smallest absolute Gasteiger partial charge is 0.321 e. The summed E-state index contributed by atoms with van der Waals surface area (Å²) in [5, 5.41) is 14.1. The molecule has 21 heavy (non-hydrogen) atoms. The molecule has 3 amide bonds. The average Bonchev–Trinajstić information content (AvgIpc) is 2.47. The molecule has 5 nitrogen and oxygen atoms in total. The van der Waals surface area contributed by atoms with E-state index in [0.717, 1.165) is 0 Å². The first-order valence-electron chi connectivity index (χ1n) is 6.18. The van der Waals surface area contributed by atoms with Crippen LogP contribution in [0.4, 0.5) is 9.18 Å². The molecule has 0 aliphatic rings. The van der Waals surface area contributed by atoms with Crippen LogP contribution >= 0.6 is 0 Å². The molecular formula is C15H13FN2O3. The van der Waals surface area contributed by atoms with Crippen LogP contribution in [0.1, 0.15) is 15.9 Å². The number of aromatic hydroxyl groups is 1. The van der Waals surface area contributed by atoms with Crippen LogP contribution in [-0.4, -0.2) is 17.0 Å². The van der Waals surface area contributed by atoms with Crippen molar-refractivity contribution in [2.75, 3.05) is 0 Å². The molecule has 0 fully saturated rings. The Morgan fingerprint density at radius 2 is 1.71 bits per heavy atom. The number of imide groups is 1. The molecule has 3 N–H and O–H groups in total. The van der Waals surface area contributed by atoms with Crippen LogP contribution in [0.15, 0.2) is 48.5 Å². The van der Waals surface area contributed by atoms with Crippen molar-refractivity contribution in [1.29, 1.82) is 0 Å². The monoisotopic (exact) mass is 288 g/mol. The number of amides is 3. The van der Waals surface area contributed by atoms with Crippen molar-refractivity contribution in [3.8, 4) is 5.75 Å². The highest BCUT2D eigenvalue weighted by molar-refractivity contribution is 6.05. The third-order valence-electron chi connectivity index (χ3n) is 2.74. The van der Waals surface area contributed by atoms with Crippen LogP contribution in [0.5, 0.6) is 5.75 Å². The minimum absolute atomic E-state index is 0.00873. The van der Waals surface area contributed by atoms with Crippen molar-refractivity contribution in [2.24, 2.45) is 0 Å². The number of benzene rings is 2. The fourth-order valence-corrected chi connectivity index (χ4v) is 1.66. The number of carbonyl (C=O) groups excluding carboxylic acids is 2. The highest BCUT2D eigenvalue weighted by Crippen LogP contribution is 2.14. The van der Waals surface area contributed by atoms with Crippen molar-refractivity contribution in [1.82, 2.24) is 10.6 Å². The fraction of sp³-hybridized carbons (Fsp3) is 0.0667. The Morgan fingerprint density at radius 3 is 2.38 bits per heavy atom. The van der Waals surface area contributed by atoms with E-state index in [0.29, 0.717) is 5.56 Å². The highest BCUT2D eigenvalue weighted by Gasteiger charge is 2.13. The maximum Gasteiger partial charge on any atom is 0.321 e. The molecule has 0 aliphatic heterocycles. The molecule has 6 heteroatoms. The van der Waals surface area contributed by atoms with Crippen LogP contribution in [0, 0.1) is 5.82 Å². The number of para-hydroxylation sites is 1. The van der Waals surface area contributed by atoms with Gasteiger partial charge in [0.05, 0.1) is 5.56 Å². The summed E-state index contributed by atoms with van der Waals surface area (Å²) in [6.45, 7) is 0.153. The topological polar surface area (TPSA) is 78.4 Å². The second kappa shape index (κ2) is 6.51. The minimum Gasteiger partial charge on any atom is -0.507 e. The molecule has 2 aromatic rings. The summed E-state index contributed by atoms with van der Waals surface area (Å²) in [4.78, 5) is 23.3. The highest BCUT2D eigenvalue weighted by atomic mass is 19.1. The van der Waals surface area contributed by atoms with Crippen LogP contribution in [0.25, 0.3) is 0 Å². The largest absolute Gasteiger partial charge is 0.507 e. The zero-order valence-corrected chi connectivity index (χ0v) is 11.0. The summed E-state index contributed by atoms with van der Waals surface area (Å²) < 4.78 is 12.7. The molecule has 2 aromatic carbocycles. The van der Waals surface area contributed by atoms with Gasteiger partial charge >= 0.3 is 6.03 Å². The molecule has 0 saturated heterocycles. The van der Waals surface area contributed by atoms with Crippen LogP contribution < -0.4 is 10.6 Å². The van der Waals surface area contributed by atoms with Gasteiger partial charge in [0, 0.05) is 6.54 Å². The van der Waals surface area contributed by atoms with Gasteiger partial charge in [-0.25, -0.2) is 9.18 Å². The van der Waals surface area contributed by atoms with E-state index >= 15 is 0 Å². The predicted molar refractivity (Wildman–Crippen MR) is 74.2 cm³/mol. The number of nitrogens with one attached hydrogen (secondary N) is 2. The van der Waals surface area contributed by atoms with E-state index in [9.17, 15) is 19.1 Å². The molecule has 0 bridgehead atoms. The molecule has 0 heterocycles. The predicted octanol–water partition coefficient (Wildman–Crippen LogP) is 2.17. The van der Waals surface area contributed by atoms with Gasteiger partial charge in [0.1, 0.15) is 11.6 Å². The van der Waals surface area contributed by atoms with Gasteiger partial charge in [-0.3, -0.25) is 10.1 Å². The zero-order valence-electron chi connectivity index (χ0n) is 11.0. The van der Waals surface area contributed by atoms with Crippen molar-refractivity contribution in [2.45, 2.75) is 6.54 Å². The van der Waals surface area contributed by atoms with Crippen molar-refractivity contribution in [3.63, 3.8) is 0 Å². The second-order valence-electron chi connectivity index (χ2n) is 4.28. The Morgan fingerprint density at radius 1 is 1.05 bits per heavy atom. The average molecular weight is 288 g/mol. The van der Waals surface area contributed by atoms with Crippen molar-refractivity contribution < 1.29 is 19.1 Å². The number of hydrogen-bond acceptors (Lipinski definition) is 3. The Labute approximate surface area is 120 Å². The minimum atomic E-state index is -0.704. The maximum absolute atomic E-state index is 12.7. The van der Waals surface area contributed by atoms with Gasteiger partial charge in [0.2, 0.25) is 0 Å². The standard InChI is InChI=1S/C15H13FN2O3/c16-11-7-5-10(6-8-11)9-17-15(21)18-14(20)12-3-1-2-4-13(12)19/h1-8,19H,9H2,(H2,17,18,20,21). The van der Waals surface area contributed by atoms with E-state index < -0.39 is 11.9 Å². The Balaban J connectivity index is 1.89. The van der Waals surface area contributed by atoms with Gasteiger partial charge in [-0.05, 0) is 29.8 Å². The fourth-order valence-electron chi connectivity index (χ4n) is 1.66. The molecule has 0 radical (unpaired) electrons. The number of urea groups is 1. The number of phenols is 1. The molecule has 108 valence electrons. The molecule has 0 aromatic heterocycles. The summed E-state index contributed by atoms with van der Waals surface area (Å²) in [6.07, 6.45) is 0. The molecule has 2 rings (SSSR count). The second-order valence-corrected chi connectivity index (χ2v) is 4.28. The SMILES string of the molecule is O=C(NCc1ccc(F)cc1)NC(=O)c1ccccc1O. The van der Waals surface area contributed by atoms with E-state index in [1.165, 1.54) is 36.4 Å². The number of carbonyl (C=O) groups is 2. The number of phenolic OH excluding ortho intramolecular Hbond substituents is 1.